The molecule has 1 N–H and O–H groups in total. The van der Waals surface area contributed by atoms with Gasteiger partial charge in [-0.3, -0.25) is 4.79 Å². The summed E-state index contributed by atoms with van der Waals surface area (Å²) < 4.78 is 3.10. The van der Waals surface area contributed by atoms with Crippen LogP contribution in [0.2, 0.25) is 0 Å². The molecule has 1 aromatic carbocycles. The molecule has 0 aliphatic heterocycles. The maximum absolute atomic E-state index is 12.1. The summed E-state index contributed by atoms with van der Waals surface area (Å²) in [6, 6.07) is 9.97. The van der Waals surface area contributed by atoms with Crippen LogP contribution in [0.3, 0.4) is 0 Å². The van der Waals surface area contributed by atoms with E-state index < -0.39 is 0 Å². The second-order valence-electron chi connectivity index (χ2n) is 4.61. The van der Waals surface area contributed by atoms with Crippen molar-refractivity contribution < 1.29 is 4.79 Å². The van der Waals surface area contributed by atoms with E-state index in [9.17, 15) is 4.79 Å². The van der Waals surface area contributed by atoms with Gasteiger partial charge in [-0.05, 0) is 17.5 Å². The van der Waals surface area contributed by atoms with Crippen molar-refractivity contribution in [2.24, 2.45) is 7.05 Å². The lowest BCUT2D eigenvalue weighted by Crippen LogP contribution is -2.25. The number of carbonyl (C=O) groups is 1. The van der Waals surface area contributed by atoms with Gasteiger partial charge in [0.05, 0.1) is 4.88 Å². The van der Waals surface area contributed by atoms with Crippen molar-refractivity contribution >= 4 is 27.3 Å². The lowest BCUT2D eigenvalue weighted by molar-refractivity contribution is 0.0958. The number of thiophene rings is 1. The van der Waals surface area contributed by atoms with Crippen LogP contribution in [0.5, 0.6) is 0 Å². The number of imidazole rings is 1. The van der Waals surface area contributed by atoms with Gasteiger partial charge in [0.25, 0.3) is 5.91 Å². The Hall–Kier alpha value is -2.14. The number of amides is 1. The smallest absolute Gasteiger partial charge is 0.261 e. The molecule has 0 radical (unpaired) electrons. The fraction of sp³-hybridized carbons (Fsp3) is 0.200. The third-order valence-electron chi connectivity index (χ3n) is 3.20. The van der Waals surface area contributed by atoms with Gasteiger partial charge >= 0.3 is 0 Å². The van der Waals surface area contributed by atoms with E-state index in [1.807, 2.05) is 48.1 Å². The molecule has 2 heterocycles. The molecular weight excluding hydrogens is 270 g/mol. The van der Waals surface area contributed by atoms with Crippen LogP contribution in [-0.2, 0) is 13.5 Å². The third-order valence-corrected chi connectivity index (χ3v) is 4.32. The lowest BCUT2D eigenvalue weighted by Gasteiger charge is -2.03. The number of nitrogens with zero attached hydrogens (tertiary/aromatic N) is 2. The van der Waals surface area contributed by atoms with E-state index in [0.29, 0.717) is 6.54 Å². The summed E-state index contributed by atoms with van der Waals surface area (Å²) in [5.41, 5.74) is 0. The van der Waals surface area contributed by atoms with Crippen LogP contribution in [0, 0.1) is 0 Å². The van der Waals surface area contributed by atoms with Crippen LogP contribution in [0.25, 0.3) is 10.1 Å². The number of carbonyl (C=O) groups excluding carboxylic acids is 1. The van der Waals surface area contributed by atoms with Crippen molar-refractivity contribution in [2.45, 2.75) is 6.42 Å². The van der Waals surface area contributed by atoms with Crippen molar-refractivity contribution in [1.82, 2.24) is 14.9 Å². The van der Waals surface area contributed by atoms with E-state index in [1.165, 1.54) is 11.3 Å². The first kappa shape index (κ1) is 12.9. The molecule has 0 saturated heterocycles. The highest BCUT2D eigenvalue weighted by Crippen LogP contribution is 2.24. The Morgan fingerprint density at radius 1 is 1.40 bits per heavy atom. The van der Waals surface area contributed by atoms with Crippen molar-refractivity contribution in [3.8, 4) is 0 Å². The Morgan fingerprint density at radius 3 is 3.00 bits per heavy atom. The molecule has 5 heteroatoms. The zero-order valence-corrected chi connectivity index (χ0v) is 12.0. The van der Waals surface area contributed by atoms with Crippen LogP contribution < -0.4 is 5.32 Å². The van der Waals surface area contributed by atoms with Crippen LogP contribution >= 0.6 is 11.3 Å². The second kappa shape index (κ2) is 5.46. The van der Waals surface area contributed by atoms with Crippen LogP contribution in [0.15, 0.2) is 42.7 Å². The molecule has 0 unspecified atom stereocenters. The number of aromatic nitrogens is 2. The van der Waals surface area contributed by atoms with E-state index in [-0.39, 0.29) is 5.91 Å². The molecule has 2 aromatic heterocycles. The fourth-order valence-electron chi connectivity index (χ4n) is 2.11. The number of rotatable bonds is 4. The summed E-state index contributed by atoms with van der Waals surface area (Å²) in [6.07, 6.45) is 4.41. The minimum atomic E-state index is -0.0135. The number of benzene rings is 1. The van der Waals surface area contributed by atoms with Crippen LogP contribution in [0.4, 0.5) is 0 Å². The van der Waals surface area contributed by atoms with Gasteiger partial charge in [-0.2, -0.15) is 0 Å². The highest BCUT2D eigenvalue weighted by atomic mass is 32.1. The Labute approximate surface area is 121 Å². The van der Waals surface area contributed by atoms with Crippen molar-refractivity contribution in [3.05, 3.63) is 53.4 Å². The summed E-state index contributed by atoms with van der Waals surface area (Å²) in [5, 5.41) is 4.06. The molecule has 20 heavy (non-hydrogen) atoms. The van der Waals surface area contributed by atoms with Crippen molar-refractivity contribution in [1.29, 1.82) is 0 Å². The summed E-state index contributed by atoms with van der Waals surface area (Å²) in [4.78, 5) is 17.1. The minimum Gasteiger partial charge on any atom is -0.351 e. The Bertz CT molecular complexity index is 711. The van der Waals surface area contributed by atoms with E-state index in [2.05, 4.69) is 10.3 Å². The summed E-state index contributed by atoms with van der Waals surface area (Å²) in [7, 11) is 1.95. The van der Waals surface area contributed by atoms with Crippen molar-refractivity contribution in [2.75, 3.05) is 6.54 Å². The van der Waals surface area contributed by atoms with E-state index in [1.54, 1.807) is 6.20 Å². The maximum Gasteiger partial charge on any atom is 0.261 e. The fourth-order valence-corrected chi connectivity index (χ4v) is 3.09. The van der Waals surface area contributed by atoms with Gasteiger partial charge in [0.2, 0.25) is 0 Å². The maximum atomic E-state index is 12.1. The quantitative estimate of drug-likeness (QED) is 0.801. The number of aryl methyl sites for hydroxylation is 1. The predicted molar refractivity (Wildman–Crippen MR) is 81.1 cm³/mol. The monoisotopic (exact) mass is 285 g/mol. The zero-order valence-electron chi connectivity index (χ0n) is 11.2. The SMILES string of the molecule is Cn1ccnc1CCNC(=O)c1cc2ccccc2s1. The molecule has 0 saturated carbocycles. The van der Waals surface area contributed by atoms with Crippen molar-refractivity contribution in [3.63, 3.8) is 0 Å². The van der Waals surface area contributed by atoms with Gasteiger partial charge in [0.1, 0.15) is 5.82 Å². The Morgan fingerprint density at radius 2 is 2.25 bits per heavy atom. The molecule has 3 rings (SSSR count). The standard InChI is InChI=1S/C15H15N3OS/c1-18-9-8-16-14(18)6-7-17-15(19)13-10-11-4-2-3-5-12(11)20-13/h2-5,8-10H,6-7H2,1H3,(H,17,19). The Balaban J connectivity index is 1.63. The highest BCUT2D eigenvalue weighted by molar-refractivity contribution is 7.20. The number of nitrogens with one attached hydrogen (secondary N) is 1. The van der Waals surface area contributed by atoms with Gasteiger partial charge in [-0.1, -0.05) is 18.2 Å². The zero-order chi connectivity index (χ0) is 13.9. The van der Waals surface area contributed by atoms with Gasteiger partial charge in [0.15, 0.2) is 0 Å². The largest absolute Gasteiger partial charge is 0.351 e. The molecule has 0 atom stereocenters. The molecule has 0 aliphatic rings. The summed E-state index contributed by atoms with van der Waals surface area (Å²) >= 11 is 1.52. The normalized spacial score (nSPS) is 10.8. The van der Waals surface area contributed by atoms with Gasteiger partial charge < -0.3 is 9.88 Å². The van der Waals surface area contributed by atoms with E-state index in [4.69, 9.17) is 0 Å². The molecular formula is C15H15N3OS. The van der Waals surface area contributed by atoms with Gasteiger partial charge in [-0.15, -0.1) is 11.3 Å². The molecule has 3 aromatic rings. The average molecular weight is 285 g/mol. The molecule has 102 valence electrons. The molecule has 0 bridgehead atoms. The van der Waals surface area contributed by atoms with E-state index in [0.717, 1.165) is 27.2 Å². The molecule has 0 aliphatic carbocycles. The number of hydrogen-bond acceptors (Lipinski definition) is 3. The first-order chi connectivity index (χ1) is 9.74. The van der Waals surface area contributed by atoms with Gasteiger partial charge in [-0.25, -0.2) is 4.98 Å². The number of fused-ring (bicyclic) bond motifs is 1. The lowest BCUT2D eigenvalue weighted by atomic mass is 10.2. The predicted octanol–water partition coefficient (Wildman–Crippen LogP) is 2.61. The minimum absolute atomic E-state index is 0.0135. The van der Waals surface area contributed by atoms with Crippen LogP contribution in [-0.4, -0.2) is 22.0 Å². The summed E-state index contributed by atoms with van der Waals surface area (Å²) in [5.74, 6) is 0.960. The first-order valence-electron chi connectivity index (χ1n) is 6.47. The van der Waals surface area contributed by atoms with E-state index >= 15 is 0 Å². The highest BCUT2D eigenvalue weighted by Gasteiger charge is 2.09. The molecule has 1 amide bonds. The average Bonchev–Trinajstić information content (AvgIpc) is 3.05. The van der Waals surface area contributed by atoms with Crippen LogP contribution in [0.1, 0.15) is 15.5 Å². The topological polar surface area (TPSA) is 46.9 Å². The number of hydrogen-bond donors (Lipinski definition) is 1. The molecule has 0 fully saturated rings. The summed E-state index contributed by atoms with van der Waals surface area (Å²) in [6.45, 7) is 0.595. The third kappa shape index (κ3) is 2.58. The molecule has 0 spiro atoms. The Kier molecular flexibility index (Phi) is 3.52. The van der Waals surface area contributed by atoms with Gasteiger partial charge in [0, 0.05) is 37.1 Å². The first-order valence-corrected chi connectivity index (χ1v) is 7.28. The molecule has 4 nitrogen and oxygen atoms in total. The second-order valence-corrected chi connectivity index (χ2v) is 5.69.